The van der Waals surface area contributed by atoms with Crippen LogP contribution in [0.25, 0.3) is 10.9 Å². The van der Waals surface area contributed by atoms with Crippen molar-refractivity contribution in [1.82, 2.24) is 9.97 Å². The van der Waals surface area contributed by atoms with Gasteiger partial charge in [0, 0.05) is 22.8 Å². The molecule has 28 heavy (non-hydrogen) atoms. The van der Waals surface area contributed by atoms with Gasteiger partial charge in [0.1, 0.15) is 5.82 Å². The van der Waals surface area contributed by atoms with E-state index in [4.69, 9.17) is 0 Å². The number of H-pyrrole nitrogens is 1. The van der Waals surface area contributed by atoms with Gasteiger partial charge in [-0.05, 0) is 54.8 Å². The fourth-order valence-corrected chi connectivity index (χ4v) is 3.21. The number of amides is 1. The number of nitrogens with zero attached hydrogens (tertiary/aromatic N) is 1. The Bertz CT molecular complexity index is 1130. The molecule has 0 aliphatic carbocycles. The highest BCUT2D eigenvalue weighted by molar-refractivity contribution is 5.95. The first-order valence-corrected chi connectivity index (χ1v) is 9.24. The molecular formula is C23H22N4O. The molecule has 3 N–H and O–H groups in total. The predicted octanol–water partition coefficient (Wildman–Crippen LogP) is 5.10. The van der Waals surface area contributed by atoms with Gasteiger partial charge in [-0.15, -0.1) is 0 Å². The van der Waals surface area contributed by atoms with Crippen molar-refractivity contribution in [3.05, 3.63) is 83.7 Å². The zero-order valence-electron chi connectivity index (χ0n) is 15.9. The summed E-state index contributed by atoms with van der Waals surface area (Å²) < 4.78 is 0. The Labute approximate surface area is 163 Å². The minimum Gasteiger partial charge on any atom is -0.361 e. The lowest BCUT2D eigenvalue weighted by molar-refractivity contribution is -0.115. The van der Waals surface area contributed by atoms with E-state index in [0.29, 0.717) is 12.1 Å². The number of para-hydroxylation sites is 1. The zero-order chi connectivity index (χ0) is 19.5. The second-order valence-corrected chi connectivity index (χ2v) is 6.96. The Morgan fingerprint density at radius 2 is 1.93 bits per heavy atom. The number of nitrogens with one attached hydrogen (secondary N) is 3. The topological polar surface area (TPSA) is 69.8 Å². The number of carbonyl (C=O) groups excluding carboxylic acids is 1. The quantitative estimate of drug-likeness (QED) is 0.457. The van der Waals surface area contributed by atoms with Crippen molar-refractivity contribution in [2.75, 3.05) is 10.6 Å². The average molecular weight is 370 g/mol. The first-order chi connectivity index (χ1) is 13.6. The minimum atomic E-state index is -0.0678. The van der Waals surface area contributed by atoms with Crippen LogP contribution in [0.5, 0.6) is 0 Å². The van der Waals surface area contributed by atoms with Gasteiger partial charge in [-0.1, -0.05) is 30.3 Å². The minimum absolute atomic E-state index is 0.0678. The molecule has 0 unspecified atom stereocenters. The number of carbonyl (C=O) groups is 1. The van der Waals surface area contributed by atoms with Crippen LogP contribution in [0.1, 0.15) is 16.7 Å². The Hall–Kier alpha value is -3.60. The number of aromatic nitrogens is 2. The van der Waals surface area contributed by atoms with Gasteiger partial charge < -0.3 is 15.6 Å². The van der Waals surface area contributed by atoms with Crippen LogP contribution in [0.3, 0.4) is 0 Å². The highest BCUT2D eigenvalue weighted by Gasteiger charge is 2.09. The maximum atomic E-state index is 12.4. The third kappa shape index (κ3) is 3.88. The van der Waals surface area contributed by atoms with E-state index in [0.717, 1.165) is 33.5 Å². The number of hydrogen-bond donors (Lipinski definition) is 3. The molecule has 2 aromatic heterocycles. The highest BCUT2D eigenvalue weighted by Crippen LogP contribution is 2.22. The smallest absolute Gasteiger partial charge is 0.228 e. The maximum absolute atomic E-state index is 12.4. The number of rotatable bonds is 5. The molecule has 0 saturated heterocycles. The molecule has 5 heteroatoms. The van der Waals surface area contributed by atoms with Crippen molar-refractivity contribution in [2.24, 2.45) is 0 Å². The van der Waals surface area contributed by atoms with Crippen molar-refractivity contribution < 1.29 is 4.79 Å². The predicted molar refractivity (Wildman–Crippen MR) is 114 cm³/mol. The molecule has 5 nitrogen and oxygen atoms in total. The Kier molecular flexibility index (Phi) is 4.81. The Balaban J connectivity index is 1.41. The second-order valence-electron chi connectivity index (χ2n) is 6.96. The lowest BCUT2D eigenvalue weighted by Crippen LogP contribution is -2.14. The molecule has 1 amide bonds. The average Bonchev–Trinajstić information content (AvgIpc) is 3.09. The number of fused-ring (bicyclic) bond motifs is 1. The van der Waals surface area contributed by atoms with Crippen LogP contribution in [0.2, 0.25) is 0 Å². The van der Waals surface area contributed by atoms with Gasteiger partial charge in [-0.25, -0.2) is 4.98 Å². The highest BCUT2D eigenvalue weighted by atomic mass is 16.1. The van der Waals surface area contributed by atoms with Gasteiger partial charge in [-0.3, -0.25) is 4.79 Å². The molecule has 0 radical (unpaired) electrons. The maximum Gasteiger partial charge on any atom is 0.228 e. The molecular weight excluding hydrogens is 348 g/mol. The third-order valence-electron chi connectivity index (χ3n) is 4.73. The van der Waals surface area contributed by atoms with Gasteiger partial charge in [-0.2, -0.15) is 0 Å². The van der Waals surface area contributed by atoms with Gasteiger partial charge in [0.15, 0.2) is 0 Å². The fraction of sp³-hybridized carbons (Fsp3) is 0.130. The Morgan fingerprint density at radius 3 is 2.75 bits per heavy atom. The number of benzene rings is 2. The van der Waals surface area contributed by atoms with Crippen molar-refractivity contribution in [3.63, 3.8) is 0 Å². The molecule has 4 aromatic rings. The molecule has 0 atom stereocenters. The van der Waals surface area contributed by atoms with E-state index in [2.05, 4.69) is 52.6 Å². The largest absolute Gasteiger partial charge is 0.361 e. The summed E-state index contributed by atoms with van der Waals surface area (Å²) in [5, 5.41) is 7.31. The van der Waals surface area contributed by atoms with E-state index in [1.807, 2.05) is 42.6 Å². The van der Waals surface area contributed by atoms with E-state index in [-0.39, 0.29) is 5.91 Å². The molecule has 0 fully saturated rings. The molecule has 4 rings (SSSR count). The van der Waals surface area contributed by atoms with E-state index in [1.54, 1.807) is 6.20 Å². The van der Waals surface area contributed by atoms with Crippen LogP contribution >= 0.6 is 0 Å². The first-order valence-electron chi connectivity index (χ1n) is 9.24. The molecule has 0 aliphatic heterocycles. The van der Waals surface area contributed by atoms with Crippen LogP contribution in [0.15, 0.2) is 67.0 Å². The van der Waals surface area contributed by atoms with Crippen LogP contribution < -0.4 is 10.6 Å². The van der Waals surface area contributed by atoms with Crippen molar-refractivity contribution >= 4 is 34.0 Å². The molecule has 0 aliphatic rings. The number of pyridine rings is 1. The summed E-state index contributed by atoms with van der Waals surface area (Å²) in [5.74, 6) is 0.671. The summed E-state index contributed by atoms with van der Waals surface area (Å²) in [7, 11) is 0. The van der Waals surface area contributed by atoms with Gasteiger partial charge in [0.25, 0.3) is 0 Å². The second kappa shape index (κ2) is 7.56. The molecule has 2 aromatic carbocycles. The monoisotopic (exact) mass is 370 g/mol. The number of aryl methyl sites for hydroxylation is 2. The number of anilines is 3. The zero-order valence-corrected chi connectivity index (χ0v) is 15.9. The molecule has 2 heterocycles. The lowest BCUT2D eigenvalue weighted by Gasteiger charge is -2.10. The number of aromatic amines is 1. The van der Waals surface area contributed by atoms with Gasteiger partial charge in [0.2, 0.25) is 5.91 Å². The Morgan fingerprint density at radius 1 is 1.07 bits per heavy atom. The first kappa shape index (κ1) is 17.8. The van der Waals surface area contributed by atoms with Crippen molar-refractivity contribution in [1.29, 1.82) is 0 Å². The molecule has 0 saturated carbocycles. The van der Waals surface area contributed by atoms with E-state index >= 15 is 0 Å². The van der Waals surface area contributed by atoms with Crippen LogP contribution in [-0.2, 0) is 11.2 Å². The van der Waals surface area contributed by atoms with E-state index in [1.165, 1.54) is 5.56 Å². The summed E-state index contributed by atoms with van der Waals surface area (Å²) >= 11 is 0. The molecule has 140 valence electrons. The lowest BCUT2D eigenvalue weighted by atomic mass is 10.1. The van der Waals surface area contributed by atoms with E-state index < -0.39 is 0 Å². The summed E-state index contributed by atoms with van der Waals surface area (Å²) in [5.41, 5.74) is 6.07. The van der Waals surface area contributed by atoms with Crippen LogP contribution in [0, 0.1) is 13.8 Å². The van der Waals surface area contributed by atoms with Gasteiger partial charge in [0.05, 0.1) is 18.3 Å². The van der Waals surface area contributed by atoms with Crippen LogP contribution in [0.4, 0.5) is 17.2 Å². The molecule has 0 spiro atoms. The summed E-state index contributed by atoms with van der Waals surface area (Å²) in [4.78, 5) is 20.0. The third-order valence-corrected chi connectivity index (χ3v) is 4.73. The standard InChI is InChI=1S/C23H22N4O/c1-15-7-8-16(2)21(11-15)27-22-10-9-18(14-25-22)26-23(28)12-17-13-24-20-6-4-3-5-19(17)20/h3-11,13-14,24H,12H2,1-2H3,(H,25,27)(H,26,28). The summed E-state index contributed by atoms with van der Waals surface area (Å²) in [6.45, 7) is 4.12. The number of hydrogen-bond acceptors (Lipinski definition) is 3. The van der Waals surface area contributed by atoms with Crippen LogP contribution in [-0.4, -0.2) is 15.9 Å². The normalized spacial score (nSPS) is 10.8. The van der Waals surface area contributed by atoms with Crippen molar-refractivity contribution in [2.45, 2.75) is 20.3 Å². The summed E-state index contributed by atoms with van der Waals surface area (Å²) in [6.07, 6.45) is 3.87. The van der Waals surface area contributed by atoms with Crippen molar-refractivity contribution in [3.8, 4) is 0 Å². The fourth-order valence-electron chi connectivity index (χ4n) is 3.21. The van der Waals surface area contributed by atoms with E-state index in [9.17, 15) is 4.79 Å². The summed E-state index contributed by atoms with van der Waals surface area (Å²) in [6, 6.07) is 17.9. The SMILES string of the molecule is Cc1ccc(C)c(Nc2ccc(NC(=O)Cc3c[nH]c4ccccc34)cn2)c1. The molecule has 0 bridgehead atoms. The van der Waals surface area contributed by atoms with Gasteiger partial charge >= 0.3 is 0 Å².